The quantitative estimate of drug-likeness (QED) is 0.174. The first-order valence-corrected chi connectivity index (χ1v) is 11.1. The molecule has 9 heteroatoms. The van der Waals surface area contributed by atoms with Crippen LogP contribution in [-0.4, -0.2) is 20.7 Å². The predicted octanol–water partition coefficient (Wildman–Crippen LogP) is 6.22. The van der Waals surface area contributed by atoms with E-state index in [4.69, 9.17) is 4.74 Å². The number of hydrogen-bond acceptors (Lipinski definition) is 6. The summed E-state index contributed by atoms with van der Waals surface area (Å²) >= 11 is 4.49. The first kappa shape index (κ1) is 21.8. The number of para-hydroxylation sites is 2. The van der Waals surface area contributed by atoms with Crippen molar-refractivity contribution in [2.45, 2.75) is 16.7 Å². The van der Waals surface area contributed by atoms with Gasteiger partial charge in [0.15, 0.2) is 0 Å². The Balaban J connectivity index is 1.80. The summed E-state index contributed by atoms with van der Waals surface area (Å²) in [5.41, 5.74) is 1.61. The Labute approximate surface area is 196 Å². The van der Waals surface area contributed by atoms with Crippen LogP contribution in [0.5, 0.6) is 5.88 Å². The van der Waals surface area contributed by atoms with Gasteiger partial charge < -0.3 is 4.74 Å². The zero-order valence-corrected chi connectivity index (χ0v) is 19.2. The van der Waals surface area contributed by atoms with Crippen molar-refractivity contribution in [3.8, 4) is 11.6 Å². The minimum absolute atomic E-state index is 0.0328. The van der Waals surface area contributed by atoms with Crippen molar-refractivity contribution in [2.75, 3.05) is 0 Å². The number of ether oxygens (including phenoxy) is 1. The summed E-state index contributed by atoms with van der Waals surface area (Å²) in [7, 11) is 0. The van der Waals surface area contributed by atoms with Gasteiger partial charge in [-0.3, -0.25) is 10.1 Å². The third-order valence-electron chi connectivity index (χ3n) is 4.51. The van der Waals surface area contributed by atoms with Gasteiger partial charge in [0.2, 0.25) is 5.88 Å². The standard InChI is InChI=1S/C23H16BrN3O4S/c1-15-21(32-20-10-6-5-9-19(20)27(29)30)22(26(25-15)18-7-3-2-4-8-18)31-23(28)16-11-13-17(24)14-12-16/h2-14H,1H3. The van der Waals surface area contributed by atoms with Gasteiger partial charge in [-0.15, -0.1) is 0 Å². The monoisotopic (exact) mass is 509 g/mol. The highest BCUT2D eigenvalue weighted by atomic mass is 79.9. The molecule has 1 aromatic heterocycles. The highest BCUT2D eigenvalue weighted by molar-refractivity contribution is 9.10. The smallest absolute Gasteiger partial charge is 0.344 e. The van der Waals surface area contributed by atoms with E-state index < -0.39 is 10.9 Å². The lowest BCUT2D eigenvalue weighted by atomic mass is 10.2. The fourth-order valence-electron chi connectivity index (χ4n) is 2.98. The van der Waals surface area contributed by atoms with Gasteiger partial charge in [0.25, 0.3) is 5.69 Å². The van der Waals surface area contributed by atoms with Crippen LogP contribution in [0.4, 0.5) is 5.69 Å². The molecular weight excluding hydrogens is 494 g/mol. The lowest BCUT2D eigenvalue weighted by Gasteiger charge is -2.10. The molecule has 0 N–H and O–H groups in total. The molecule has 160 valence electrons. The molecule has 0 amide bonds. The van der Waals surface area contributed by atoms with Gasteiger partial charge in [0.1, 0.15) is 0 Å². The number of esters is 1. The molecular formula is C23H16BrN3O4S. The summed E-state index contributed by atoms with van der Waals surface area (Å²) in [5, 5.41) is 16.0. The van der Waals surface area contributed by atoms with E-state index in [1.165, 1.54) is 10.7 Å². The minimum Gasteiger partial charge on any atom is -0.402 e. The fourth-order valence-corrected chi connectivity index (χ4v) is 4.26. The van der Waals surface area contributed by atoms with Gasteiger partial charge >= 0.3 is 5.97 Å². The zero-order chi connectivity index (χ0) is 22.7. The van der Waals surface area contributed by atoms with Crippen molar-refractivity contribution >= 4 is 39.3 Å². The number of nitro groups is 1. The van der Waals surface area contributed by atoms with Crippen LogP contribution >= 0.6 is 27.7 Å². The van der Waals surface area contributed by atoms with Gasteiger partial charge in [-0.1, -0.05) is 58.0 Å². The lowest BCUT2D eigenvalue weighted by Crippen LogP contribution is -2.12. The van der Waals surface area contributed by atoms with E-state index in [9.17, 15) is 14.9 Å². The number of nitro benzene ring substituents is 1. The van der Waals surface area contributed by atoms with Gasteiger partial charge in [0, 0.05) is 10.5 Å². The van der Waals surface area contributed by atoms with Crippen molar-refractivity contribution in [1.82, 2.24) is 9.78 Å². The van der Waals surface area contributed by atoms with E-state index in [-0.39, 0.29) is 11.6 Å². The average molecular weight is 510 g/mol. The number of halogens is 1. The Morgan fingerprint density at radius 1 is 1.03 bits per heavy atom. The molecule has 0 spiro atoms. The molecule has 0 fully saturated rings. The fraction of sp³-hybridized carbons (Fsp3) is 0.0435. The molecule has 0 radical (unpaired) electrons. The molecule has 3 aromatic carbocycles. The number of benzene rings is 3. The molecule has 0 aliphatic heterocycles. The lowest BCUT2D eigenvalue weighted by molar-refractivity contribution is -0.387. The van der Waals surface area contributed by atoms with Crippen molar-refractivity contribution < 1.29 is 14.5 Å². The molecule has 0 atom stereocenters. The highest BCUT2D eigenvalue weighted by Gasteiger charge is 2.25. The first-order valence-electron chi connectivity index (χ1n) is 9.48. The first-order chi connectivity index (χ1) is 15.4. The van der Waals surface area contributed by atoms with Crippen LogP contribution in [0.1, 0.15) is 16.1 Å². The molecule has 0 bridgehead atoms. The number of carbonyl (C=O) groups is 1. The topological polar surface area (TPSA) is 87.3 Å². The Bertz CT molecular complexity index is 1290. The number of nitrogens with zero attached hydrogens (tertiary/aromatic N) is 3. The molecule has 7 nitrogen and oxygen atoms in total. The second kappa shape index (κ2) is 9.37. The second-order valence-corrected chi connectivity index (χ2v) is 8.66. The van der Waals surface area contributed by atoms with Gasteiger partial charge in [-0.2, -0.15) is 9.78 Å². The van der Waals surface area contributed by atoms with Gasteiger partial charge in [-0.25, -0.2) is 4.79 Å². The number of aromatic nitrogens is 2. The molecule has 0 aliphatic rings. The third kappa shape index (κ3) is 4.58. The van der Waals surface area contributed by atoms with Crippen LogP contribution in [0.2, 0.25) is 0 Å². The van der Waals surface area contributed by atoms with E-state index >= 15 is 0 Å². The Morgan fingerprint density at radius 3 is 2.38 bits per heavy atom. The predicted molar refractivity (Wildman–Crippen MR) is 125 cm³/mol. The van der Waals surface area contributed by atoms with Crippen LogP contribution in [0, 0.1) is 17.0 Å². The van der Waals surface area contributed by atoms with E-state index in [0.717, 1.165) is 16.2 Å². The highest BCUT2D eigenvalue weighted by Crippen LogP contribution is 2.42. The molecule has 32 heavy (non-hydrogen) atoms. The van der Waals surface area contributed by atoms with E-state index in [2.05, 4.69) is 21.0 Å². The van der Waals surface area contributed by atoms with Crippen LogP contribution in [0.25, 0.3) is 5.69 Å². The van der Waals surface area contributed by atoms with E-state index in [1.807, 2.05) is 30.3 Å². The van der Waals surface area contributed by atoms with Crippen molar-refractivity contribution in [2.24, 2.45) is 0 Å². The molecule has 1 heterocycles. The minimum atomic E-state index is -0.556. The Morgan fingerprint density at radius 2 is 1.69 bits per heavy atom. The number of rotatable bonds is 6. The van der Waals surface area contributed by atoms with E-state index in [0.29, 0.717) is 26.7 Å². The number of carbonyl (C=O) groups excluding carboxylic acids is 1. The van der Waals surface area contributed by atoms with Crippen LogP contribution in [-0.2, 0) is 0 Å². The van der Waals surface area contributed by atoms with Crippen LogP contribution in [0.3, 0.4) is 0 Å². The van der Waals surface area contributed by atoms with Gasteiger partial charge in [-0.05, 0) is 49.4 Å². The summed E-state index contributed by atoms with van der Waals surface area (Å²) in [4.78, 5) is 24.9. The van der Waals surface area contributed by atoms with Crippen molar-refractivity contribution in [1.29, 1.82) is 0 Å². The van der Waals surface area contributed by atoms with Gasteiger partial charge in [0.05, 0.1) is 31.7 Å². The largest absolute Gasteiger partial charge is 0.402 e. The SMILES string of the molecule is Cc1nn(-c2ccccc2)c(OC(=O)c2ccc(Br)cc2)c1Sc1ccccc1[N+](=O)[O-]. The molecule has 0 saturated carbocycles. The second-order valence-electron chi connectivity index (χ2n) is 6.69. The summed E-state index contributed by atoms with van der Waals surface area (Å²) in [6.07, 6.45) is 0. The average Bonchev–Trinajstić information content (AvgIpc) is 3.10. The van der Waals surface area contributed by atoms with Crippen LogP contribution < -0.4 is 4.74 Å². The number of hydrogen-bond donors (Lipinski definition) is 0. The molecule has 0 unspecified atom stereocenters. The Hall–Kier alpha value is -3.43. The normalized spacial score (nSPS) is 10.7. The maximum atomic E-state index is 12.9. The van der Waals surface area contributed by atoms with Crippen molar-refractivity contribution in [3.63, 3.8) is 0 Å². The molecule has 4 rings (SSSR count). The summed E-state index contributed by atoms with van der Waals surface area (Å²) in [5.74, 6) is -0.358. The molecule has 4 aromatic rings. The van der Waals surface area contributed by atoms with Crippen molar-refractivity contribution in [3.05, 3.63) is 105 Å². The molecule has 0 saturated heterocycles. The summed E-state index contributed by atoms with van der Waals surface area (Å²) in [6.45, 7) is 1.77. The Kier molecular flexibility index (Phi) is 6.38. The summed E-state index contributed by atoms with van der Waals surface area (Å²) < 4.78 is 8.18. The maximum Gasteiger partial charge on any atom is 0.344 e. The maximum absolute atomic E-state index is 12.9. The van der Waals surface area contributed by atoms with Crippen LogP contribution in [0.15, 0.2) is 93.1 Å². The number of aryl methyl sites for hydroxylation is 1. The molecule has 0 aliphatic carbocycles. The van der Waals surface area contributed by atoms with E-state index in [1.54, 1.807) is 49.4 Å². The summed E-state index contributed by atoms with van der Waals surface area (Å²) in [6, 6.07) is 22.5. The third-order valence-corrected chi connectivity index (χ3v) is 6.28. The zero-order valence-electron chi connectivity index (χ0n) is 16.8.